The summed E-state index contributed by atoms with van der Waals surface area (Å²) in [7, 11) is 0. The van der Waals surface area contributed by atoms with Crippen LogP contribution in [0.15, 0.2) is 28.9 Å². The van der Waals surface area contributed by atoms with Gasteiger partial charge in [-0.1, -0.05) is 6.08 Å². The first kappa shape index (κ1) is 5.71. The summed E-state index contributed by atoms with van der Waals surface area (Å²) in [6.45, 7) is 0.899. The van der Waals surface area contributed by atoms with E-state index in [1.54, 1.807) is 0 Å². The standard InChI is InChI=1S/C8H10N2/c1-2-7-3-5-9-6-8(7)10-4-1/h1-2,4-5,8,10H,3,6H2. The Hall–Kier alpha value is -1.05. The van der Waals surface area contributed by atoms with E-state index in [1.807, 2.05) is 18.5 Å². The summed E-state index contributed by atoms with van der Waals surface area (Å²) < 4.78 is 0. The lowest BCUT2D eigenvalue weighted by Crippen LogP contribution is -2.33. The molecule has 2 aliphatic heterocycles. The smallest absolute Gasteiger partial charge is 0.0670 e. The second-order valence-electron chi connectivity index (χ2n) is 2.57. The lowest BCUT2D eigenvalue weighted by molar-refractivity contribution is 0.647. The molecule has 52 valence electrons. The van der Waals surface area contributed by atoms with E-state index >= 15 is 0 Å². The van der Waals surface area contributed by atoms with Crippen LogP contribution in [0.3, 0.4) is 0 Å². The van der Waals surface area contributed by atoms with Crippen molar-refractivity contribution in [3.63, 3.8) is 0 Å². The van der Waals surface area contributed by atoms with Crippen LogP contribution in [0.25, 0.3) is 0 Å². The van der Waals surface area contributed by atoms with Crippen LogP contribution in [0, 0.1) is 0 Å². The summed E-state index contributed by atoms with van der Waals surface area (Å²) >= 11 is 0. The summed E-state index contributed by atoms with van der Waals surface area (Å²) in [5.41, 5.74) is 1.46. The fourth-order valence-electron chi connectivity index (χ4n) is 1.30. The van der Waals surface area contributed by atoms with E-state index in [1.165, 1.54) is 5.57 Å². The van der Waals surface area contributed by atoms with E-state index in [0.29, 0.717) is 6.04 Å². The van der Waals surface area contributed by atoms with Crippen molar-refractivity contribution in [1.29, 1.82) is 0 Å². The zero-order valence-corrected chi connectivity index (χ0v) is 5.75. The number of aliphatic imine (C=N–C) groups is 1. The first-order valence-electron chi connectivity index (χ1n) is 3.57. The molecule has 2 nitrogen and oxygen atoms in total. The van der Waals surface area contributed by atoms with E-state index in [-0.39, 0.29) is 0 Å². The predicted molar refractivity (Wildman–Crippen MR) is 42.1 cm³/mol. The van der Waals surface area contributed by atoms with Crippen molar-refractivity contribution in [3.8, 4) is 0 Å². The fraction of sp³-hybridized carbons (Fsp3) is 0.375. The van der Waals surface area contributed by atoms with Gasteiger partial charge in [-0.25, -0.2) is 0 Å². The largest absolute Gasteiger partial charge is 0.383 e. The highest BCUT2D eigenvalue weighted by atomic mass is 14.9. The number of dihydropyridines is 1. The van der Waals surface area contributed by atoms with Crippen molar-refractivity contribution < 1.29 is 0 Å². The molecule has 0 bridgehead atoms. The normalized spacial score (nSPS) is 28.8. The number of hydrogen-bond donors (Lipinski definition) is 1. The highest BCUT2D eigenvalue weighted by Gasteiger charge is 2.15. The Morgan fingerprint density at radius 1 is 1.60 bits per heavy atom. The molecule has 0 radical (unpaired) electrons. The quantitative estimate of drug-likeness (QED) is 0.522. The van der Waals surface area contributed by atoms with Gasteiger partial charge in [0, 0.05) is 12.6 Å². The predicted octanol–water partition coefficient (Wildman–Crippen LogP) is 0.873. The number of fused-ring (bicyclic) bond motifs is 1. The Labute approximate surface area is 60.3 Å². The Balaban J connectivity index is 2.23. The third kappa shape index (κ3) is 0.856. The molecular formula is C8H10N2. The van der Waals surface area contributed by atoms with Crippen LogP contribution in [-0.4, -0.2) is 18.8 Å². The third-order valence-electron chi connectivity index (χ3n) is 1.90. The molecule has 1 atom stereocenters. The van der Waals surface area contributed by atoms with E-state index in [2.05, 4.69) is 16.4 Å². The van der Waals surface area contributed by atoms with Crippen molar-refractivity contribution in [2.75, 3.05) is 6.54 Å². The van der Waals surface area contributed by atoms with Crippen molar-refractivity contribution in [2.24, 2.45) is 4.99 Å². The maximum atomic E-state index is 4.20. The molecule has 1 unspecified atom stereocenters. The molecule has 10 heavy (non-hydrogen) atoms. The average molecular weight is 134 g/mol. The average Bonchev–Trinajstić information content (AvgIpc) is 2.05. The van der Waals surface area contributed by atoms with Crippen LogP contribution in [0.2, 0.25) is 0 Å². The van der Waals surface area contributed by atoms with Gasteiger partial charge >= 0.3 is 0 Å². The molecule has 2 heteroatoms. The van der Waals surface area contributed by atoms with Gasteiger partial charge in [0.1, 0.15) is 0 Å². The second kappa shape index (κ2) is 2.29. The van der Waals surface area contributed by atoms with Crippen LogP contribution in [0.4, 0.5) is 0 Å². The Morgan fingerprint density at radius 3 is 3.50 bits per heavy atom. The van der Waals surface area contributed by atoms with Gasteiger partial charge in [-0.3, -0.25) is 4.99 Å². The molecule has 2 heterocycles. The van der Waals surface area contributed by atoms with E-state index in [0.717, 1.165) is 13.0 Å². The first-order chi connectivity index (χ1) is 4.97. The SMILES string of the molecule is C1=CNC2CN=CCC2=C1. The number of nitrogens with zero attached hydrogens (tertiary/aromatic N) is 1. The van der Waals surface area contributed by atoms with Gasteiger partial charge in [-0.05, 0) is 17.8 Å². The van der Waals surface area contributed by atoms with Crippen molar-refractivity contribution in [3.05, 3.63) is 23.9 Å². The number of nitrogens with one attached hydrogen (secondary N) is 1. The Morgan fingerprint density at radius 2 is 2.60 bits per heavy atom. The molecule has 0 aliphatic carbocycles. The van der Waals surface area contributed by atoms with E-state index < -0.39 is 0 Å². The second-order valence-corrected chi connectivity index (χ2v) is 2.57. The summed E-state index contributed by atoms with van der Waals surface area (Å²) in [6.07, 6.45) is 9.21. The maximum absolute atomic E-state index is 4.20. The van der Waals surface area contributed by atoms with Crippen LogP contribution in [0.5, 0.6) is 0 Å². The Kier molecular flexibility index (Phi) is 1.31. The number of allylic oxidation sites excluding steroid dienone is 2. The molecule has 2 aliphatic rings. The van der Waals surface area contributed by atoms with Crippen molar-refractivity contribution in [2.45, 2.75) is 12.5 Å². The van der Waals surface area contributed by atoms with Gasteiger partial charge in [-0.15, -0.1) is 0 Å². The molecule has 0 saturated carbocycles. The summed E-state index contributed by atoms with van der Waals surface area (Å²) in [5, 5.41) is 3.26. The zero-order chi connectivity index (χ0) is 6.81. The van der Waals surface area contributed by atoms with Gasteiger partial charge in [0.15, 0.2) is 0 Å². The van der Waals surface area contributed by atoms with E-state index in [9.17, 15) is 0 Å². The van der Waals surface area contributed by atoms with Crippen LogP contribution >= 0.6 is 0 Å². The first-order valence-corrected chi connectivity index (χ1v) is 3.57. The minimum absolute atomic E-state index is 0.481. The molecular weight excluding hydrogens is 124 g/mol. The van der Waals surface area contributed by atoms with Gasteiger partial charge in [0.2, 0.25) is 0 Å². The summed E-state index contributed by atoms with van der Waals surface area (Å²) in [4.78, 5) is 4.20. The summed E-state index contributed by atoms with van der Waals surface area (Å²) in [6, 6.07) is 0.481. The zero-order valence-electron chi connectivity index (χ0n) is 5.75. The van der Waals surface area contributed by atoms with Gasteiger partial charge in [-0.2, -0.15) is 0 Å². The fourth-order valence-corrected chi connectivity index (χ4v) is 1.30. The molecule has 0 aromatic rings. The molecule has 2 rings (SSSR count). The van der Waals surface area contributed by atoms with Gasteiger partial charge in [0.25, 0.3) is 0 Å². The lowest BCUT2D eigenvalue weighted by atomic mass is 10.00. The van der Waals surface area contributed by atoms with E-state index in [4.69, 9.17) is 0 Å². The maximum Gasteiger partial charge on any atom is 0.0670 e. The molecule has 0 aromatic heterocycles. The molecule has 1 N–H and O–H groups in total. The van der Waals surface area contributed by atoms with Crippen LogP contribution in [-0.2, 0) is 0 Å². The number of hydrogen-bond acceptors (Lipinski definition) is 2. The highest BCUT2D eigenvalue weighted by molar-refractivity contribution is 5.64. The topological polar surface area (TPSA) is 24.4 Å². The number of rotatable bonds is 0. The van der Waals surface area contributed by atoms with Gasteiger partial charge in [0.05, 0.1) is 12.6 Å². The molecule has 0 saturated heterocycles. The Bertz CT molecular complexity index is 213. The highest BCUT2D eigenvalue weighted by Crippen LogP contribution is 2.13. The van der Waals surface area contributed by atoms with Crippen LogP contribution < -0.4 is 5.32 Å². The molecule has 0 aromatic carbocycles. The van der Waals surface area contributed by atoms with Crippen LogP contribution in [0.1, 0.15) is 6.42 Å². The minimum Gasteiger partial charge on any atom is -0.383 e. The van der Waals surface area contributed by atoms with Gasteiger partial charge < -0.3 is 5.32 Å². The van der Waals surface area contributed by atoms with Crippen molar-refractivity contribution in [1.82, 2.24) is 5.32 Å². The van der Waals surface area contributed by atoms with Crippen molar-refractivity contribution >= 4 is 6.21 Å². The minimum atomic E-state index is 0.481. The molecule has 0 amide bonds. The molecule has 0 spiro atoms. The third-order valence-corrected chi connectivity index (χ3v) is 1.90. The summed E-state index contributed by atoms with van der Waals surface area (Å²) in [5.74, 6) is 0. The lowest BCUT2D eigenvalue weighted by Gasteiger charge is -2.23. The monoisotopic (exact) mass is 134 g/mol. The molecule has 0 fully saturated rings.